The molecule has 0 bridgehead atoms. The minimum Gasteiger partial charge on any atom is -0.481 e. The summed E-state index contributed by atoms with van der Waals surface area (Å²) in [4.78, 5) is 41.5. The molecule has 4 saturated carbocycles. The molecule has 0 aromatic heterocycles. The second-order valence-corrected chi connectivity index (χ2v) is 21.4. The largest absolute Gasteiger partial charge is 0.481 e. The number of nitrogens with zero attached hydrogens (tertiary/aromatic N) is 1. The first-order valence-corrected chi connectivity index (χ1v) is 21.8. The SMILES string of the molecule is COCCN(Cc1ccc(Cl)cc1)CC(O)C12CC[C@]3(C)[C@H](CC[C@@H]4[C@@]5(C)CC[C@H](OC(=O)CC(C)(C)C(=O)O)C(C)(C)[C@@H]5CC[C@]43C)C1=C(C(C)C)C(=O)C2. The molecule has 5 aliphatic carbocycles. The van der Waals surface area contributed by atoms with Gasteiger partial charge in [0.1, 0.15) is 6.10 Å². The van der Waals surface area contributed by atoms with Crippen LogP contribution in [0.15, 0.2) is 35.4 Å². The highest BCUT2D eigenvalue weighted by molar-refractivity contribution is 6.30. The first-order chi connectivity index (χ1) is 26.1. The van der Waals surface area contributed by atoms with Crippen molar-refractivity contribution in [2.24, 2.45) is 56.2 Å². The molecule has 4 fully saturated rings. The maximum absolute atomic E-state index is 14.3. The number of allylic oxidation sites excluding steroid dienone is 1. The standard InChI is InChI=1S/C47H70ClNO7/c1-29(2)39-33(50)25-47(36(51)28-49(23-24-55-10)27-30-11-13-31(48)14-12-30)22-21-45(8)32(40(39)47)15-16-35-44(7)19-18-37(56-38(52)26-42(3,4)41(53)54)43(5,6)34(44)17-20-46(35,45)9/h11-14,29,32,34-37,51H,15-28H2,1-10H3,(H,53,54)/t32-,34+,35-,36?,37+,44+,45-,46-,47?/m1/s1. The summed E-state index contributed by atoms with van der Waals surface area (Å²) < 4.78 is 11.7. The Kier molecular flexibility index (Phi) is 11.9. The van der Waals surface area contributed by atoms with Gasteiger partial charge in [-0.2, -0.15) is 0 Å². The third kappa shape index (κ3) is 7.12. The maximum atomic E-state index is 14.3. The van der Waals surface area contributed by atoms with Crippen molar-refractivity contribution in [1.82, 2.24) is 4.90 Å². The van der Waals surface area contributed by atoms with E-state index in [2.05, 4.69) is 53.4 Å². The number of ether oxygens (including phenoxy) is 2. The van der Waals surface area contributed by atoms with Gasteiger partial charge in [-0.15, -0.1) is 0 Å². The number of methoxy groups -OCH3 is 1. The van der Waals surface area contributed by atoms with Crippen molar-refractivity contribution in [2.75, 3.05) is 26.8 Å². The molecular formula is C47H70ClNO7. The minimum atomic E-state index is -1.17. The van der Waals surface area contributed by atoms with E-state index in [9.17, 15) is 24.6 Å². The topological polar surface area (TPSA) is 113 Å². The van der Waals surface area contributed by atoms with E-state index in [4.69, 9.17) is 21.1 Å². The molecule has 0 radical (unpaired) electrons. The Morgan fingerprint density at radius 3 is 2.25 bits per heavy atom. The van der Waals surface area contributed by atoms with E-state index in [0.29, 0.717) is 49.5 Å². The molecule has 1 aromatic carbocycles. The molecule has 312 valence electrons. The van der Waals surface area contributed by atoms with Crippen molar-refractivity contribution >= 4 is 29.3 Å². The van der Waals surface area contributed by atoms with Crippen LogP contribution in [0.2, 0.25) is 5.02 Å². The number of carboxylic acids is 1. The summed E-state index contributed by atoms with van der Waals surface area (Å²) in [7, 11) is 1.71. The number of benzene rings is 1. The van der Waals surface area contributed by atoms with Gasteiger partial charge >= 0.3 is 11.9 Å². The first-order valence-electron chi connectivity index (χ1n) is 21.4. The van der Waals surface area contributed by atoms with Crippen LogP contribution < -0.4 is 0 Å². The van der Waals surface area contributed by atoms with Crippen molar-refractivity contribution in [3.05, 3.63) is 46.0 Å². The predicted molar refractivity (Wildman–Crippen MR) is 220 cm³/mol. The molecule has 2 N–H and O–H groups in total. The van der Waals surface area contributed by atoms with Crippen LogP contribution in [0.3, 0.4) is 0 Å². The Labute approximate surface area is 341 Å². The first kappa shape index (κ1) is 43.3. The molecule has 0 aliphatic heterocycles. The molecule has 0 amide bonds. The predicted octanol–water partition coefficient (Wildman–Crippen LogP) is 9.54. The summed E-state index contributed by atoms with van der Waals surface area (Å²) >= 11 is 6.21. The highest BCUT2D eigenvalue weighted by Crippen LogP contribution is 2.77. The van der Waals surface area contributed by atoms with Gasteiger partial charge in [-0.3, -0.25) is 19.3 Å². The van der Waals surface area contributed by atoms with E-state index < -0.39 is 28.9 Å². The number of halogens is 1. The summed E-state index contributed by atoms with van der Waals surface area (Å²) in [5, 5.41) is 22.9. The Morgan fingerprint density at radius 1 is 0.946 bits per heavy atom. The van der Waals surface area contributed by atoms with E-state index in [0.717, 1.165) is 62.5 Å². The van der Waals surface area contributed by atoms with Gasteiger partial charge < -0.3 is 19.7 Å². The Hall–Kier alpha value is -2.26. The van der Waals surface area contributed by atoms with Gasteiger partial charge in [0, 0.05) is 49.0 Å². The number of carboxylic acid groups (broad SMARTS) is 1. The van der Waals surface area contributed by atoms with Gasteiger partial charge in [-0.25, -0.2) is 0 Å². The Bertz CT molecular complexity index is 1700. The Balaban J connectivity index is 1.28. The van der Waals surface area contributed by atoms with Crippen molar-refractivity contribution in [3.8, 4) is 0 Å². The fourth-order valence-corrected chi connectivity index (χ4v) is 13.8. The van der Waals surface area contributed by atoms with Crippen molar-refractivity contribution in [3.63, 3.8) is 0 Å². The number of hydrogen-bond donors (Lipinski definition) is 2. The zero-order valence-corrected chi connectivity index (χ0v) is 36.7. The average Bonchev–Trinajstić information content (AvgIpc) is 3.42. The molecule has 0 spiro atoms. The van der Waals surface area contributed by atoms with Crippen LogP contribution in [0.25, 0.3) is 0 Å². The third-order valence-electron chi connectivity index (χ3n) is 16.9. The summed E-state index contributed by atoms with van der Waals surface area (Å²) in [5.41, 5.74) is 1.43. The summed E-state index contributed by atoms with van der Waals surface area (Å²) in [5.74, 6) is -0.0515. The van der Waals surface area contributed by atoms with Crippen LogP contribution in [0.1, 0.15) is 132 Å². The number of carbonyl (C=O) groups is 3. The third-order valence-corrected chi connectivity index (χ3v) is 17.1. The Morgan fingerprint density at radius 2 is 1.62 bits per heavy atom. The van der Waals surface area contributed by atoms with Crippen molar-refractivity contribution in [2.45, 2.75) is 145 Å². The highest BCUT2D eigenvalue weighted by atomic mass is 35.5. The van der Waals surface area contributed by atoms with E-state index in [1.807, 2.05) is 24.3 Å². The van der Waals surface area contributed by atoms with Crippen LogP contribution in [0.5, 0.6) is 0 Å². The summed E-state index contributed by atoms with van der Waals surface area (Å²) in [6.07, 6.45) is 7.01. The second-order valence-electron chi connectivity index (χ2n) is 20.9. The molecule has 0 heterocycles. The number of carbonyl (C=O) groups excluding carboxylic acids is 2. The van der Waals surface area contributed by atoms with Crippen LogP contribution in [0, 0.1) is 56.2 Å². The molecule has 9 atom stereocenters. The molecule has 5 aliphatic rings. The normalized spacial score (nSPS) is 35.8. The lowest BCUT2D eigenvalue weighted by atomic mass is 9.33. The zero-order chi connectivity index (χ0) is 41.2. The molecule has 9 heteroatoms. The second kappa shape index (κ2) is 15.4. The van der Waals surface area contributed by atoms with Crippen LogP contribution in [-0.2, 0) is 30.4 Å². The monoisotopic (exact) mass is 795 g/mol. The number of ketones is 1. The van der Waals surface area contributed by atoms with Crippen LogP contribution in [0.4, 0.5) is 0 Å². The summed E-state index contributed by atoms with van der Waals surface area (Å²) in [6, 6.07) is 7.90. The van der Waals surface area contributed by atoms with Gasteiger partial charge in [0.2, 0.25) is 0 Å². The van der Waals surface area contributed by atoms with E-state index in [1.54, 1.807) is 21.0 Å². The van der Waals surface area contributed by atoms with Crippen molar-refractivity contribution in [1.29, 1.82) is 0 Å². The van der Waals surface area contributed by atoms with Gasteiger partial charge in [0.25, 0.3) is 0 Å². The molecule has 0 saturated heterocycles. The van der Waals surface area contributed by atoms with Gasteiger partial charge in [0.15, 0.2) is 5.78 Å². The molecule has 56 heavy (non-hydrogen) atoms. The zero-order valence-electron chi connectivity index (χ0n) is 35.9. The lowest BCUT2D eigenvalue weighted by molar-refractivity contribution is -0.235. The molecule has 6 rings (SSSR count). The maximum Gasteiger partial charge on any atom is 0.309 e. The van der Waals surface area contributed by atoms with Gasteiger partial charge in [0.05, 0.1) is 24.5 Å². The smallest absolute Gasteiger partial charge is 0.309 e. The fraction of sp³-hybridized carbons (Fsp3) is 0.766. The number of aliphatic carboxylic acids is 1. The van der Waals surface area contributed by atoms with Gasteiger partial charge in [-0.05, 0) is 128 Å². The fourth-order valence-electron chi connectivity index (χ4n) is 13.6. The molecular weight excluding hydrogens is 726 g/mol. The lowest BCUT2D eigenvalue weighted by Crippen LogP contribution is -2.66. The highest BCUT2D eigenvalue weighted by Gasteiger charge is 2.71. The van der Waals surface area contributed by atoms with Crippen molar-refractivity contribution < 1.29 is 34.1 Å². The van der Waals surface area contributed by atoms with Crippen LogP contribution >= 0.6 is 11.6 Å². The molecule has 8 nitrogen and oxygen atoms in total. The number of Topliss-reactive ketones (excluding diaryl/α,β-unsaturated/α-hetero) is 1. The minimum absolute atomic E-state index is 0.0309. The van der Waals surface area contributed by atoms with Gasteiger partial charge in [-0.1, -0.05) is 77.8 Å². The number of aliphatic hydroxyl groups is 1. The van der Waals surface area contributed by atoms with E-state index in [1.165, 1.54) is 5.57 Å². The average molecular weight is 797 g/mol. The number of rotatable bonds is 13. The molecule has 1 aromatic rings. The number of esters is 1. The van der Waals surface area contributed by atoms with E-state index in [-0.39, 0.29) is 51.8 Å². The number of fused-ring (bicyclic) bond motifs is 7. The van der Waals surface area contributed by atoms with Crippen LogP contribution in [-0.4, -0.2) is 71.8 Å². The quantitative estimate of drug-likeness (QED) is 0.190. The van der Waals surface area contributed by atoms with E-state index >= 15 is 0 Å². The summed E-state index contributed by atoms with van der Waals surface area (Å²) in [6.45, 7) is 22.0. The lowest BCUT2D eigenvalue weighted by Gasteiger charge is -2.72. The molecule has 2 unspecified atom stereocenters. The number of hydrogen-bond acceptors (Lipinski definition) is 7. The number of aliphatic hydroxyl groups excluding tert-OH is 1.